The molecule has 0 saturated heterocycles. The van der Waals surface area contributed by atoms with Gasteiger partial charge in [-0.05, 0) is 22.9 Å². The highest BCUT2D eigenvalue weighted by atomic mass is 79.9. The average molecular weight is 267 g/mol. The number of hydrogen-bond donors (Lipinski definition) is 1. The lowest BCUT2D eigenvalue weighted by molar-refractivity contribution is -0.386. The van der Waals surface area contributed by atoms with Crippen LogP contribution in [0.2, 0.25) is 5.02 Å². The van der Waals surface area contributed by atoms with Crippen molar-refractivity contribution >= 4 is 33.2 Å². The second-order valence-corrected chi connectivity index (χ2v) is 3.48. The molecule has 1 heterocycles. The molecular formula is C6H4BrClN2O3. The Kier molecular flexibility index (Phi) is 2.72. The van der Waals surface area contributed by atoms with E-state index >= 15 is 0 Å². The highest BCUT2D eigenvalue weighted by Crippen LogP contribution is 2.29. The Hall–Kier alpha value is -0.880. The van der Waals surface area contributed by atoms with Gasteiger partial charge in [0.15, 0.2) is 0 Å². The molecule has 70 valence electrons. The Morgan fingerprint density at radius 1 is 1.62 bits per heavy atom. The first-order valence-electron chi connectivity index (χ1n) is 3.17. The van der Waals surface area contributed by atoms with Gasteiger partial charge in [0.1, 0.15) is 5.02 Å². The van der Waals surface area contributed by atoms with Gasteiger partial charge in [-0.1, -0.05) is 11.6 Å². The zero-order valence-electron chi connectivity index (χ0n) is 6.43. The molecule has 7 heteroatoms. The van der Waals surface area contributed by atoms with Gasteiger partial charge in [0.05, 0.1) is 9.40 Å². The summed E-state index contributed by atoms with van der Waals surface area (Å²) in [5.74, 6) is 0. The first-order valence-corrected chi connectivity index (χ1v) is 4.34. The van der Waals surface area contributed by atoms with Crippen molar-refractivity contribution in [1.82, 2.24) is 4.98 Å². The van der Waals surface area contributed by atoms with E-state index in [4.69, 9.17) is 11.6 Å². The van der Waals surface area contributed by atoms with E-state index < -0.39 is 16.2 Å². The van der Waals surface area contributed by atoms with Crippen LogP contribution in [-0.2, 0) is 0 Å². The molecule has 0 aromatic carbocycles. The molecule has 0 bridgehead atoms. The van der Waals surface area contributed by atoms with Gasteiger partial charge in [-0.3, -0.25) is 14.9 Å². The SMILES string of the molecule is Cc1[nH]c(=O)c([N+](=O)[O-])c(Cl)c1Br. The molecule has 5 nitrogen and oxygen atoms in total. The first kappa shape index (κ1) is 10.2. The molecule has 0 unspecified atom stereocenters. The summed E-state index contributed by atoms with van der Waals surface area (Å²) in [6.45, 7) is 1.58. The number of aryl methyl sites for hydroxylation is 1. The van der Waals surface area contributed by atoms with Crippen LogP contribution in [0.3, 0.4) is 0 Å². The Balaban J connectivity index is 3.63. The van der Waals surface area contributed by atoms with Crippen molar-refractivity contribution in [3.8, 4) is 0 Å². The molecule has 0 aliphatic rings. The predicted molar refractivity (Wildman–Crippen MR) is 51.2 cm³/mol. The van der Waals surface area contributed by atoms with Crippen molar-refractivity contribution in [3.63, 3.8) is 0 Å². The van der Waals surface area contributed by atoms with Crippen LogP contribution in [0, 0.1) is 17.0 Å². The van der Waals surface area contributed by atoms with E-state index in [9.17, 15) is 14.9 Å². The predicted octanol–water partition coefficient (Wildman–Crippen LogP) is 2.01. The smallest absolute Gasteiger partial charge is 0.319 e. The molecule has 0 spiro atoms. The Morgan fingerprint density at radius 3 is 2.62 bits per heavy atom. The summed E-state index contributed by atoms with van der Waals surface area (Å²) in [6, 6.07) is 0. The van der Waals surface area contributed by atoms with Crippen molar-refractivity contribution in [2.24, 2.45) is 0 Å². The minimum absolute atomic E-state index is 0.175. The van der Waals surface area contributed by atoms with E-state index in [0.717, 1.165) is 0 Å². The van der Waals surface area contributed by atoms with Crippen molar-refractivity contribution in [1.29, 1.82) is 0 Å². The third-order valence-corrected chi connectivity index (χ3v) is 3.02. The fraction of sp³-hybridized carbons (Fsp3) is 0.167. The lowest BCUT2D eigenvalue weighted by Gasteiger charge is -2.00. The molecule has 1 N–H and O–H groups in total. The Bertz CT molecular complexity index is 429. The lowest BCUT2D eigenvalue weighted by Crippen LogP contribution is -2.13. The zero-order chi connectivity index (χ0) is 10.2. The van der Waals surface area contributed by atoms with Gasteiger partial charge in [-0.25, -0.2) is 0 Å². The summed E-state index contributed by atoms with van der Waals surface area (Å²) in [7, 11) is 0. The fourth-order valence-corrected chi connectivity index (χ4v) is 1.40. The molecule has 0 aliphatic carbocycles. The van der Waals surface area contributed by atoms with Crippen LogP contribution in [0.25, 0.3) is 0 Å². The van der Waals surface area contributed by atoms with Gasteiger partial charge in [0.2, 0.25) is 0 Å². The maximum atomic E-state index is 11.1. The Labute approximate surface area is 86.0 Å². The molecule has 0 saturated carbocycles. The normalized spacial score (nSPS) is 10.1. The number of hydrogen-bond acceptors (Lipinski definition) is 3. The maximum absolute atomic E-state index is 11.1. The summed E-state index contributed by atoms with van der Waals surface area (Å²) in [5.41, 5.74) is -0.976. The molecule has 0 amide bonds. The minimum atomic E-state index is -0.814. The quantitative estimate of drug-likeness (QED) is 0.624. The van der Waals surface area contributed by atoms with E-state index in [1.54, 1.807) is 6.92 Å². The standard InChI is InChI=1S/C6H4BrClN2O3/c1-2-3(7)4(8)5(10(12)13)6(11)9-2/h1H3,(H,9,11). The van der Waals surface area contributed by atoms with Gasteiger partial charge in [0, 0.05) is 5.69 Å². The average Bonchev–Trinajstić information content (AvgIpc) is 1.99. The summed E-state index contributed by atoms with van der Waals surface area (Å²) >= 11 is 8.62. The monoisotopic (exact) mass is 266 g/mol. The van der Waals surface area contributed by atoms with Crippen LogP contribution in [0.1, 0.15) is 5.69 Å². The summed E-state index contributed by atoms with van der Waals surface area (Å²) in [5, 5.41) is 10.2. The van der Waals surface area contributed by atoms with Gasteiger partial charge in [0.25, 0.3) is 0 Å². The molecule has 1 aromatic heterocycles. The number of aromatic amines is 1. The molecule has 0 radical (unpaired) electrons. The van der Waals surface area contributed by atoms with Crippen molar-refractivity contribution in [2.75, 3.05) is 0 Å². The molecule has 0 atom stereocenters. The summed E-state index contributed by atoms with van der Waals surface area (Å²) < 4.78 is 0.334. The second kappa shape index (κ2) is 3.47. The fourth-order valence-electron chi connectivity index (χ4n) is 0.816. The van der Waals surface area contributed by atoms with Crippen LogP contribution >= 0.6 is 27.5 Å². The topological polar surface area (TPSA) is 76.0 Å². The zero-order valence-corrected chi connectivity index (χ0v) is 8.77. The van der Waals surface area contributed by atoms with Crippen molar-refractivity contribution in [2.45, 2.75) is 6.92 Å². The number of H-pyrrole nitrogens is 1. The minimum Gasteiger partial charge on any atom is -0.319 e. The van der Waals surface area contributed by atoms with Crippen LogP contribution in [0.15, 0.2) is 9.27 Å². The molecule has 0 aliphatic heterocycles. The van der Waals surface area contributed by atoms with E-state index in [1.165, 1.54) is 0 Å². The number of halogens is 2. The summed E-state index contributed by atoms with van der Waals surface area (Å²) in [6.07, 6.45) is 0. The van der Waals surface area contributed by atoms with Crippen LogP contribution in [0.4, 0.5) is 5.69 Å². The largest absolute Gasteiger partial charge is 0.353 e. The number of aromatic nitrogens is 1. The highest BCUT2D eigenvalue weighted by molar-refractivity contribution is 9.10. The van der Waals surface area contributed by atoms with Gasteiger partial charge >= 0.3 is 11.2 Å². The Morgan fingerprint density at radius 2 is 2.15 bits per heavy atom. The molecule has 1 aromatic rings. The number of nitrogens with one attached hydrogen (secondary N) is 1. The second-order valence-electron chi connectivity index (χ2n) is 2.31. The third kappa shape index (κ3) is 1.73. The van der Waals surface area contributed by atoms with Gasteiger partial charge in [-0.2, -0.15) is 0 Å². The van der Waals surface area contributed by atoms with E-state index in [-0.39, 0.29) is 5.02 Å². The summed E-state index contributed by atoms with van der Waals surface area (Å²) in [4.78, 5) is 22.9. The maximum Gasteiger partial charge on any atom is 0.353 e. The van der Waals surface area contributed by atoms with E-state index in [2.05, 4.69) is 20.9 Å². The molecule has 1 rings (SSSR count). The molecule has 13 heavy (non-hydrogen) atoms. The van der Waals surface area contributed by atoms with Crippen LogP contribution in [0.5, 0.6) is 0 Å². The van der Waals surface area contributed by atoms with Crippen LogP contribution < -0.4 is 5.56 Å². The van der Waals surface area contributed by atoms with E-state index in [0.29, 0.717) is 10.2 Å². The van der Waals surface area contributed by atoms with Gasteiger partial charge in [-0.15, -0.1) is 0 Å². The molecular weight excluding hydrogens is 263 g/mol. The van der Waals surface area contributed by atoms with Gasteiger partial charge < -0.3 is 4.98 Å². The number of rotatable bonds is 1. The first-order chi connectivity index (χ1) is 5.95. The third-order valence-electron chi connectivity index (χ3n) is 1.43. The number of nitrogens with zero attached hydrogens (tertiary/aromatic N) is 1. The van der Waals surface area contributed by atoms with Crippen molar-refractivity contribution < 1.29 is 4.92 Å². The van der Waals surface area contributed by atoms with Crippen LogP contribution in [-0.4, -0.2) is 9.91 Å². The number of nitro groups is 1. The lowest BCUT2D eigenvalue weighted by atomic mass is 10.3. The molecule has 0 fully saturated rings. The number of pyridine rings is 1. The van der Waals surface area contributed by atoms with Crippen molar-refractivity contribution in [3.05, 3.63) is 35.7 Å². The van der Waals surface area contributed by atoms with E-state index in [1.807, 2.05) is 0 Å². The highest BCUT2D eigenvalue weighted by Gasteiger charge is 2.21.